The van der Waals surface area contributed by atoms with Crippen molar-refractivity contribution in [3.05, 3.63) is 59.9 Å². The number of para-hydroxylation sites is 1. The molecule has 7 atom stereocenters. The number of phenols is 1. The second kappa shape index (κ2) is 10.6. The molecule has 5 rings (SSSR count). The van der Waals surface area contributed by atoms with Gasteiger partial charge in [0.2, 0.25) is 5.91 Å². The molecule has 0 bridgehead atoms. The van der Waals surface area contributed by atoms with E-state index in [4.69, 9.17) is 4.74 Å². The maximum absolute atomic E-state index is 14.4. The number of fused-ring (bicyclic) bond motifs is 1. The second-order valence-electron chi connectivity index (χ2n) is 11.0. The highest BCUT2D eigenvalue weighted by atomic mass is 16.5. The number of aliphatic hydroxyl groups excluding tert-OH is 1. The van der Waals surface area contributed by atoms with Gasteiger partial charge in [-0.1, -0.05) is 25.1 Å². The van der Waals surface area contributed by atoms with Crippen LogP contribution in [0.2, 0.25) is 0 Å². The van der Waals surface area contributed by atoms with Gasteiger partial charge >= 0.3 is 5.91 Å². The van der Waals surface area contributed by atoms with Gasteiger partial charge in [-0.25, -0.2) is 4.79 Å². The number of pyridine rings is 1. The summed E-state index contributed by atoms with van der Waals surface area (Å²) < 4.78 is 4.74. The van der Waals surface area contributed by atoms with Gasteiger partial charge in [-0.05, 0) is 30.7 Å². The Labute approximate surface area is 231 Å². The number of aromatic hydroxyl groups is 1. The van der Waals surface area contributed by atoms with Gasteiger partial charge in [0, 0.05) is 24.7 Å². The standard InChI is InChI=1S/C28H33N5O7/c1-15-24(35)20(11-17-7-6-10-29-12-17)32-27(38)22(30-26(37)19-8-4-5-9-21(19)34)16(2)33(32,3)28(39)23(31-25(15)36)18-13-40-14-18/h4-10,12,15-16,18,20,22-24,35H,11,13-14H2,1-3H3,(H2-,30,31,34,36,37)/p+1. The summed E-state index contributed by atoms with van der Waals surface area (Å²) in [4.78, 5) is 59.2. The van der Waals surface area contributed by atoms with Crippen LogP contribution >= 0.6 is 0 Å². The number of nitrogens with one attached hydrogen (secondary N) is 2. The molecule has 0 aliphatic carbocycles. The summed E-state index contributed by atoms with van der Waals surface area (Å²) in [5, 5.41) is 28.7. The van der Waals surface area contributed by atoms with Gasteiger partial charge in [-0.2, -0.15) is 9.60 Å². The SMILES string of the molecule is CC1C(=O)NC(C2COC2)C(=O)[N+]2(C)C(C)C(NC(=O)c3ccccc3O)C(=O)N2C(Cc2cccnc2)C1O. The van der Waals surface area contributed by atoms with Gasteiger partial charge in [0.25, 0.3) is 11.8 Å². The second-order valence-corrected chi connectivity index (χ2v) is 11.0. The zero-order valence-electron chi connectivity index (χ0n) is 22.6. The molecule has 0 saturated carbocycles. The lowest BCUT2D eigenvalue weighted by Gasteiger charge is -2.44. The maximum atomic E-state index is 14.4. The van der Waals surface area contributed by atoms with Crippen molar-refractivity contribution < 1.29 is 38.7 Å². The Morgan fingerprint density at radius 3 is 2.52 bits per heavy atom. The van der Waals surface area contributed by atoms with E-state index in [1.54, 1.807) is 57.6 Å². The summed E-state index contributed by atoms with van der Waals surface area (Å²) in [6.07, 6.45) is 1.97. The molecule has 1 aromatic carbocycles. The Kier molecular flexibility index (Phi) is 7.34. The highest BCUT2D eigenvalue weighted by Crippen LogP contribution is 2.37. The molecule has 3 saturated heterocycles. The van der Waals surface area contributed by atoms with E-state index < -0.39 is 64.4 Å². The molecular formula is C28H34N5O7+. The summed E-state index contributed by atoms with van der Waals surface area (Å²) in [5.74, 6) is -3.69. The van der Waals surface area contributed by atoms with E-state index in [2.05, 4.69) is 15.6 Å². The Morgan fingerprint density at radius 2 is 1.90 bits per heavy atom. The van der Waals surface area contributed by atoms with Crippen molar-refractivity contribution in [1.82, 2.24) is 20.6 Å². The van der Waals surface area contributed by atoms with E-state index in [-0.39, 0.29) is 36.9 Å². The number of carbonyl (C=O) groups is 4. The highest BCUT2D eigenvalue weighted by molar-refractivity contribution is 6.00. The highest BCUT2D eigenvalue weighted by Gasteiger charge is 2.66. The van der Waals surface area contributed by atoms with Gasteiger partial charge in [-0.15, -0.1) is 0 Å². The summed E-state index contributed by atoms with van der Waals surface area (Å²) in [6, 6.07) is 5.54. The average Bonchev–Trinajstić information content (AvgIpc) is 3.11. The molecule has 3 aliphatic rings. The molecule has 4 heterocycles. The number of hydrogen-bond acceptors (Lipinski definition) is 8. The first-order chi connectivity index (χ1) is 19.1. The van der Waals surface area contributed by atoms with Gasteiger partial charge in [0.15, 0.2) is 12.1 Å². The average molecular weight is 553 g/mol. The maximum Gasteiger partial charge on any atom is 0.361 e. The van der Waals surface area contributed by atoms with E-state index in [1.165, 1.54) is 17.1 Å². The van der Waals surface area contributed by atoms with E-state index in [0.717, 1.165) is 0 Å². The number of ether oxygens (including phenoxy) is 1. The largest absolute Gasteiger partial charge is 0.507 e. The lowest BCUT2D eigenvalue weighted by atomic mass is 9.91. The molecule has 212 valence electrons. The predicted octanol–water partition coefficient (Wildman–Crippen LogP) is -0.242. The van der Waals surface area contributed by atoms with Crippen LogP contribution in [-0.2, 0) is 25.5 Å². The van der Waals surface area contributed by atoms with Crippen LogP contribution in [0.5, 0.6) is 5.75 Å². The third-order valence-corrected chi connectivity index (χ3v) is 8.60. The Hall–Kier alpha value is -3.87. The molecular weight excluding hydrogens is 518 g/mol. The number of rotatable bonds is 5. The van der Waals surface area contributed by atoms with Crippen molar-refractivity contribution in [3.63, 3.8) is 0 Å². The Bertz CT molecular complexity index is 1320. The normalized spacial score (nSPS) is 32.8. The number of aliphatic hydroxyl groups is 1. The smallest absolute Gasteiger partial charge is 0.361 e. The van der Waals surface area contributed by atoms with E-state index in [9.17, 15) is 29.4 Å². The first kappa shape index (κ1) is 27.7. The number of hydrogen-bond donors (Lipinski definition) is 4. The van der Waals surface area contributed by atoms with Crippen molar-refractivity contribution in [2.24, 2.45) is 11.8 Å². The number of likely N-dealkylation sites (N-methyl/N-ethyl adjacent to an activating group) is 1. The minimum atomic E-state index is -1.34. The lowest BCUT2D eigenvalue weighted by molar-refractivity contribution is -0.954. The third-order valence-electron chi connectivity index (χ3n) is 8.60. The molecule has 0 radical (unpaired) electrons. The fourth-order valence-corrected chi connectivity index (χ4v) is 5.88. The Balaban J connectivity index is 1.60. The van der Waals surface area contributed by atoms with Crippen LogP contribution in [-0.4, -0.2) is 99.0 Å². The van der Waals surface area contributed by atoms with Gasteiger partial charge in [0.1, 0.15) is 17.8 Å². The first-order valence-corrected chi connectivity index (χ1v) is 13.3. The molecule has 12 nitrogen and oxygen atoms in total. The molecule has 2 aromatic rings. The van der Waals surface area contributed by atoms with Crippen LogP contribution < -0.4 is 10.6 Å². The first-order valence-electron chi connectivity index (χ1n) is 13.3. The zero-order chi connectivity index (χ0) is 28.8. The minimum Gasteiger partial charge on any atom is -0.507 e. The van der Waals surface area contributed by atoms with Crippen molar-refractivity contribution >= 4 is 23.6 Å². The molecule has 4 N–H and O–H groups in total. The predicted molar refractivity (Wildman–Crippen MR) is 140 cm³/mol. The fraction of sp³-hybridized carbons (Fsp3) is 0.464. The number of carbonyl (C=O) groups excluding carboxylic acids is 4. The third kappa shape index (κ3) is 4.51. The van der Waals surface area contributed by atoms with Crippen LogP contribution in [0.25, 0.3) is 0 Å². The number of phenolic OH excluding ortho intramolecular Hbond substituents is 1. The number of amides is 4. The van der Waals surface area contributed by atoms with Crippen molar-refractivity contribution in [2.45, 2.75) is 50.5 Å². The van der Waals surface area contributed by atoms with Crippen LogP contribution in [0, 0.1) is 11.8 Å². The Morgan fingerprint density at radius 1 is 1.18 bits per heavy atom. The minimum absolute atomic E-state index is 0.0140. The quantitative estimate of drug-likeness (QED) is 0.370. The fourth-order valence-electron chi connectivity index (χ4n) is 5.88. The molecule has 0 spiro atoms. The van der Waals surface area contributed by atoms with E-state index >= 15 is 0 Å². The van der Waals surface area contributed by atoms with Gasteiger partial charge in [-0.3, -0.25) is 19.4 Å². The molecule has 3 aliphatic heterocycles. The monoisotopic (exact) mass is 552 g/mol. The lowest BCUT2D eigenvalue weighted by Crippen LogP contribution is -2.70. The number of aromatic nitrogens is 1. The molecule has 3 fully saturated rings. The summed E-state index contributed by atoms with van der Waals surface area (Å²) >= 11 is 0. The van der Waals surface area contributed by atoms with E-state index in [0.29, 0.717) is 5.56 Å². The van der Waals surface area contributed by atoms with Crippen molar-refractivity contribution in [2.75, 3.05) is 20.3 Å². The summed E-state index contributed by atoms with van der Waals surface area (Å²) in [7, 11) is 1.58. The molecule has 7 unspecified atom stereocenters. The zero-order valence-corrected chi connectivity index (χ0v) is 22.6. The van der Waals surface area contributed by atoms with Crippen LogP contribution in [0.15, 0.2) is 48.8 Å². The summed E-state index contributed by atoms with van der Waals surface area (Å²) in [5.41, 5.74) is 0.684. The molecule has 40 heavy (non-hydrogen) atoms. The van der Waals surface area contributed by atoms with Crippen molar-refractivity contribution in [3.8, 4) is 5.75 Å². The van der Waals surface area contributed by atoms with Crippen LogP contribution in [0.4, 0.5) is 0 Å². The van der Waals surface area contributed by atoms with Crippen LogP contribution in [0.1, 0.15) is 29.8 Å². The van der Waals surface area contributed by atoms with Crippen molar-refractivity contribution in [1.29, 1.82) is 0 Å². The molecule has 1 aromatic heterocycles. The number of benzene rings is 1. The van der Waals surface area contributed by atoms with Gasteiger partial charge < -0.3 is 25.6 Å². The van der Waals surface area contributed by atoms with Gasteiger partial charge in [0.05, 0.1) is 37.8 Å². The number of nitrogens with zero attached hydrogens (tertiary/aromatic N) is 3. The van der Waals surface area contributed by atoms with Crippen LogP contribution in [0.3, 0.4) is 0 Å². The number of quaternary nitrogens is 1. The molecule has 12 heteroatoms. The summed E-state index contributed by atoms with van der Waals surface area (Å²) in [6.45, 7) is 3.77. The van der Waals surface area contributed by atoms with E-state index in [1.807, 2.05) is 0 Å². The topological polar surface area (TPSA) is 158 Å². The molecule has 4 amide bonds.